The van der Waals surface area contributed by atoms with E-state index in [9.17, 15) is 9.59 Å². The van der Waals surface area contributed by atoms with Gasteiger partial charge in [0.2, 0.25) is 5.91 Å². The molecule has 2 saturated carbocycles. The van der Waals surface area contributed by atoms with Crippen molar-refractivity contribution < 1.29 is 14.3 Å². The first-order chi connectivity index (χ1) is 12.6. The number of hydrogen-bond donors (Lipinski definition) is 0. The molecule has 1 atom stereocenters. The molecule has 1 aromatic rings. The maximum absolute atomic E-state index is 13.0. The van der Waals surface area contributed by atoms with Crippen LogP contribution in [0.3, 0.4) is 0 Å². The van der Waals surface area contributed by atoms with Crippen molar-refractivity contribution >= 4 is 11.8 Å². The highest BCUT2D eigenvalue weighted by Gasteiger charge is 2.66. The molecular weight excluding hydrogens is 328 g/mol. The summed E-state index contributed by atoms with van der Waals surface area (Å²) in [4.78, 5) is 29.6. The van der Waals surface area contributed by atoms with E-state index in [1.165, 1.54) is 12.8 Å². The smallest absolute Gasteiger partial charge is 0.257 e. The lowest BCUT2D eigenvalue weighted by atomic mass is 10.1. The second-order valence-corrected chi connectivity index (χ2v) is 7.93. The third-order valence-corrected chi connectivity index (χ3v) is 6.05. The van der Waals surface area contributed by atoms with Crippen molar-refractivity contribution in [3.05, 3.63) is 29.8 Å². The number of carbonyl (C=O) groups is 2. The summed E-state index contributed by atoms with van der Waals surface area (Å²) in [6, 6.07) is 7.47. The van der Waals surface area contributed by atoms with Crippen LogP contribution in [0, 0.1) is 11.3 Å². The zero-order chi connectivity index (χ0) is 18.1. The van der Waals surface area contributed by atoms with E-state index in [1.807, 2.05) is 34.1 Å². The molecule has 4 rings (SSSR count). The lowest BCUT2D eigenvalue weighted by Crippen LogP contribution is -2.38. The average Bonchev–Trinajstić information content (AvgIpc) is 3.58. The average molecular weight is 356 g/mol. The van der Waals surface area contributed by atoms with Crippen molar-refractivity contribution in [2.24, 2.45) is 11.3 Å². The van der Waals surface area contributed by atoms with Gasteiger partial charge in [-0.15, -0.1) is 0 Å². The lowest BCUT2D eigenvalue weighted by Gasteiger charge is -2.23. The maximum Gasteiger partial charge on any atom is 0.257 e. The third kappa shape index (κ3) is 3.31. The molecule has 0 bridgehead atoms. The molecule has 1 saturated heterocycles. The molecule has 1 unspecified atom stereocenters. The Morgan fingerprint density at radius 1 is 1.12 bits per heavy atom. The second kappa shape index (κ2) is 6.93. The van der Waals surface area contributed by atoms with Crippen LogP contribution in [0.25, 0.3) is 0 Å². The highest BCUT2D eigenvalue weighted by molar-refractivity contribution is 5.97. The van der Waals surface area contributed by atoms with E-state index in [-0.39, 0.29) is 11.8 Å². The molecule has 0 radical (unpaired) electrons. The van der Waals surface area contributed by atoms with E-state index in [0.29, 0.717) is 48.9 Å². The van der Waals surface area contributed by atoms with E-state index in [1.54, 1.807) is 0 Å². The predicted molar refractivity (Wildman–Crippen MR) is 99.1 cm³/mol. The summed E-state index contributed by atoms with van der Waals surface area (Å²) in [5.41, 5.74) is 1.02. The van der Waals surface area contributed by atoms with E-state index in [4.69, 9.17) is 4.74 Å². The van der Waals surface area contributed by atoms with Crippen LogP contribution in [0.4, 0.5) is 0 Å². The summed E-state index contributed by atoms with van der Waals surface area (Å²) in [5, 5.41) is 0. The second-order valence-electron chi connectivity index (χ2n) is 7.93. The molecule has 3 aliphatic rings. The molecule has 2 aliphatic carbocycles. The fourth-order valence-corrected chi connectivity index (χ4v) is 4.12. The van der Waals surface area contributed by atoms with Crippen molar-refractivity contribution in [3.63, 3.8) is 0 Å². The van der Waals surface area contributed by atoms with Crippen LogP contribution in [-0.2, 0) is 4.79 Å². The maximum atomic E-state index is 13.0. The largest absolute Gasteiger partial charge is 0.493 e. The van der Waals surface area contributed by atoms with Crippen LogP contribution in [0.5, 0.6) is 5.75 Å². The Morgan fingerprint density at radius 3 is 2.58 bits per heavy atom. The van der Waals surface area contributed by atoms with Gasteiger partial charge in [0, 0.05) is 32.1 Å². The summed E-state index contributed by atoms with van der Waals surface area (Å²) >= 11 is 0. The third-order valence-electron chi connectivity index (χ3n) is 6.05. The van der Waals surface area contributed by atoms with Crippen LogP contribution < -0.4 is 4.74 Å². The Labute approximate surface area is 155 Å². The van der Waals surface area contributed by atoms with E-state index < -0.39 is 0 Å². The summed E-state index contributed by atoms with van der Waals surface area (Å²) in [6.45, 7) is 5.37. The van der Waals surface area contributed by atoms with Gasteiger partial charge in [0.25, 0.3) is 5.91 Å². The predicted octanol–water partition coefficient (Wildman–Crippen LogP) is 2.95. The molecule has 0 aromatic heterocycles. The van der Waals surface area contributed by atoms with Crippen molar-refractivity contribution in [2.75, 3.05) is 32.8 Å². The number of hydrogen-bond acceptors (Lipinski definition) is 3. The highest BCUT2D eigenvalue weighted by atomic mass is 16.5. The molecule has 5 heteroatoms. The fourth-order valence-electron chi connectivity index (χ4n) is 4.12. The van der Waals surface area contributed by atoms with Crippen LogP contribution in [0.1, 0.15) is 49.4 Å². The number of carbonyl (C=O) groups excluding carboxylic acids is 2. The molecule has 0 N–H and O–H groups in total. The van der Waals surface area contributed by atoms with Crippen LogP contribution >= 0.6 is 0 Å². The molecule has 26 heavy (non-hydrogen) atoms. The minimum atomic E-state index is 0.0103. The Bertz CT molecular complexity index is 698. The Morgan fingerprint density at radius 2 is 1.85 bits per heavy atom. The summed E-state index contributed by atoms with van der Waals surface area (Å²) in [5.74, 6) is 1.26. The number of nitrogens with zero attached hydrogens (tertiary/aromatic N) is 2. The van der Waals surface area contributed by atoms with Crippen molar-refractivity contribution in [2.45, 2.75) is 39.0 Å². The van der Waals surface area contributed by atoms with Gasteiger partial charge in [-0.05, 0) is 49.7 Å². The quantitative estimate of drug-likeness (QED) is 0.815. The molecule has 3 fully saturated rings. The number of amides is 2. The van der Waals surface area contributed by atoms with Gasteiger partial charge in [-0.2, -0.15) is 0 Å². The molecule has 1 spiro atoms. The number of ether oxygens (including phenoxy) is 1. The minimum absolute atomic E-state index is 0.0103. The standard InChI is InChI=1S/C21H28N2O3/c1-2-14-26-18-7-4-3-6-16(18)19(24)22-10-5-11-23(13-12-22)20(25)17-15-21(17)8-9-21/h3-4,6-7,17H,2,5,8-15H2,1H3. The molecule has 1 heterocycles. The number of benzene rings is 1. The zero-order valence-electron chi connectivity index (χ0n) is 15.6. The van der Waals surface area contributed by atoms with Gasteiger partial charge in [-0.1, -0.05) is 19.1 Å². The van der Waals surface area contributed by atoms with Crippen molar-refractivity contribution in [1.82, 2.24) is 9.80 Å². The van der Waals surface area contributed by atoms with Crippen molar-refractivity contribution in [1.29, 1.82) is 0 Å². The molecule has 1 aliphatic heterocycles. The molecule has 1 aromatic carbocycles. The summed E-state index contributed by atoms with van der Waals surface area (Å²) in [6.07, 6.45) is 5.31. The lowest BCUT2D eigenvalue weighted by molar-refractivity contribution is -0.132. The Hall–Kier alpha value is -2.04. The molecule has 5 nitrogen and oxygen atoms in total. The normalized spacial score (nSPS) is 23.5. The van der Waals surface area contributed by atoms with Gasteiger partial charge in [-0.3, -0.25) is 9.59 Å². The zero-order valence-corrected chi connectivity index (χ0v) is 15.6. The van der Waals surface area contributed by atoms with Crippen molar-refractivity contribution in [3.8, 4) is 5.75 Å². The van der Waals surface area contributed by atoms with E-state index >= 15 is 0 Å². The van der Waals surface area contributed by atoms with Crippen LogP contribution in [-0.4, -0.2) is 54.4 Å². The first-order valence-electron chi connectivity index (χ1n) is 9.94. The first-order valence-corrected chi connectivity index (χ1v) is 9.94. The summed E-state index contributed by atoms with van der Waals surface area (Å²) in [7, 11) is 0. The van der Waals surface area contributed by atoms with Gasteiger partial charge in [0.05, 0.1) is 12.2 Å². The highest BCUT2D eigenvalue weighted by Crippen LogP contribution is 2.70. The van der Waals surface area contributed by atoms with E-state index in [2.05, 4.69) is 6.92 Å². The van der Waals surface area contributed by atoms with Crippen LogP contribution in [0.15, 0.2) is 24.3 Å². The first kappa shape index (κ1) is 17.4. The number of rotatable bonds is 5. The molecule has 140 valence electrons. The van der Waals surface area contributed by atoms with Gasteiger partial charge in [0.15, 0.2) is 0 Å². The molecular formula is C21H28N2O3. The topological polar surface area (TPSA) is 49.9 Å². The van der Waals surface area contributed by atoms with Gasteiger partial charge in [-0.25, -0.2) is 0 Å². The summed E-state index contributed by atoms with van der Waals surface area (Å²) < 4.78 is 5.75. The van der Waals surface area contributed by atoms with Gasteiger partial charge in [0.1, 0.15) is 5.75 Å². The van der Waals surface area contributed by atoms with E-state index in [0.717, 1.165) is 25.8 Å². The molecule has 2 amide bonds. The SMILES string of the molecule is CCCOc1ccccc1C(=O)N1CCCN(C(=O)C2CC23CC3)CC1. The van der Waals surface area contributed by atoms with Gasteiger partial charge < -0.3 is 14.5 Å². The number of para-hydroxylation sites is 1. The Kier molecular flexibility index (Phi) is 4.63. The fraction of sp³-hybridized carbons (Fsp3) is 0.619. The van der Waals surface area contributed by atoms with Gasteiger partial charge >= 0.3 is 0 Å². The van der Waals surface area contributed by atoms with Crippen LogP contribution in [0.2, 0.25) is 0 Å². The minimum Gasteiger partial charge on any atom is -0.493 e. The Balaban J connectivity index is 1.39. The monoisotopic (exact) mass is 356 g/mol.